The van der Waals surface area contributed by atoms with Gasteiger partial charge in [-0.3, -0.25) is 19.3 Å². The fourth-order valence-corrected chi connectivity index (χ4v) is 6.12. The van der Waals surface area contributed by atoms with Gasteiger partial charge in [-0.05, 0) is 38.5 Å². The van der Waals surface area contributed by atoms with Crippen molar-refractivity contribution in [2.75, 3.05) is 13.1 Å². The van der Waals surface area contributed by atoms with Gasteiger partial charge in [0.1, 0.15) is 16.9 Å². The molecule has 0 saturated carbocycles. The first kappa shape index (κ1) is 24.0. The Balaban J connectivity index is 1.36. The van der Waals surface area contributed by atoms with Crippen molar-refractivity contribution in [2.24, 2.45) is 10.9 Å². The lowest BCUT2D eigenvalue weighted by atomic mass is 9.99. The van der Waals surface area contributed by atoms with Gasteiger partial charge in [0.2, 0.25) is 11.8 Å². The third kappa shape index (κ3) is 4.26. The van der Waals surface area contributed by atoms with Crippen molar-refractivity contribution in [1.29, 1.82) is 0 Å². The average molecular weight is 538 g/mol. The van der Waals surface area contributed by atoms with E-state index in [4.69, 9.17) is 26.1 Å². The number of likely N-dealkylation sites (tertiary alicyclic amines) is 1. The van der Waals surface area contributed by atoms with Crippen LogP contribution in [0.5, 0.6) is 0 Å². The largest absolute Gasteiger partial charge is 0.481 e. The van der Waals surface area contributed by atoms with E-state index in [9.17, 15) is 4.79 Å². The Hall–Kier alpha value is -3.41. The molecule has 1 fully saturated rings. The van der Waals surface area contributed by atoms with Gasteiger partial charge < -0.3 is 9.52 Å². The molecule has 0 unspecified atom stereocenters. The first-order chi connectivity index (χ1) is 17.8. The van der Waals surface area contributed by atoms with Gasteiger partial charge in [0, 0.05) is 34.1 Å². The standard InChI is InChI=1S/C25H24ClN7O3S/c1-12-13(2)37-24-21(12)22(15-4-6-17(26)7-5-15)27-18(23-31-28-14(3)33(23)24)8-19-29-30-20(36-19)11-32-9-16(10-32)25(34)35/h4-7,16,18H,8-11H2,1-3H3,(H,34,35)/t18-/m0/s1. The number of thiophene rings is 1. The average Bonchev–Trinajstić information content (AvgIpc) is 3.49. The third-order valence-corrected chi connectivity index (χ3v) is 8.34. The molecule has 37 heavy (non-hydrogen) atoms. The van der Waals surface area contributed by atoms with Crippen LogP contribution in [0.4, 0.5) is 0 Å². The number of hydrogen-bond acceptors (Lipinski definition) is 9. The van der Waals surface area contributed by atoms with Crippen LogP contribution in [0.2, 0.25) is 5.02 Å². The molecule has 2 aliphatic rings. The first-order valence-electron chi connectivity index (χ1n) is 11.9. The van der Waals surface area contributed by atoms with Gasteiger partial charge in [-0.15, -0.1) is 31.7 Å². The number of aryl methyl sites for hydroxylation is 2. The zero-order valence-corrected chi connectivity index (χ0v) is 22.0. The summed E-state index contributed by atoms with van der Waals surface area (Å²) in [6, 6.07) is 7.30. The fraction of sp³-hybridized carbons (Fsp3) is 0.360. The van der Waals surface area contributed by atoms with E-state index >= 15 is 0 Å². The molecule has 1 N–H and O–H groups in total. The number of hydrogen-bond donors (Lipinski definition) is 1. The van der Waals surface area contributed by atoms with Crippen LogP contribution in [0.3, 0.4) is 0 Å². The predicted octanol–water partition coefficient (Wildman–Crippen LogP) is 3.94. The first-order valence-corrected chi connectivity index (χ1v) is 13.1. The van der Waals surface area contributed by atoms with Gasteiger partial charge in [0.15, 0.2) is 5.82 Å². The number of aliphatic carboxylic acids is 1. The maximum absolute atomic E-state index is 11.1. The van der Waals surface area contributed by atoms with E-state index in [1.807, 2.05) is 36.1 Å². The molecule has 0 spiro atoms. The smallest absolute Gasteiger partial charge is 0.309 e. The summed E-state index contributed by atoms with van der Waals surface area (Å²) in [6.07, 6.45) is 0.354. The zero-order valence-electron chi connectivity index (χ0n) is 20.5. The number of rotatable bonds is 6. The lowest BCUT2D eigenvalue weighted by Crippen LogP contribution is -2.49. The second kappa shape index (κ2) is 9.16. The monoisotopic (exact) mass is 537 g/mol. The summed E-state index contributed by atoms with van der Waals surface area (Å²) < 4.78 is 8.04. The SMILES string of the molecule is Cc1sc2c(c1C)C(c1ccc(Cl)cc1)=N[C@@H](Cc1nnc(CN3CC(C(=O)O)C3)o1)c1nnc(C)n1-2. The molecule has 12 heteroatoms. The highest BCUT2D eigenvalue weighted by Gasteiger charge is 2.34. The van der Waals surface area contributed by atoms with E-state index in [0.717, 1.165) is 33.5 Å². The molecule has 1 atom stereocenters. The van der Waals surface area contributed by atoms with E-state index in [0.29, 0.717) is 42.9 Å². The summed E-state index contributed by atoms with van der Waals surface area (Å²) >= 11 is 7.89. The third-order valence-electron chi connectivity index (χ3n) is 6.90. The second-order valence-corrected chi connectivity index (χ2v) is 11.1. The molecule has 6 rings (SSSR count). The minimum absolute atomic E-state index is 0.336. The molecule has 190 valence electrons. The summed E-state index contributed by atoms with van der Waals surface area (Å²) in [7, 11) is 0. The van der Waals surface area contributed by atoms with Gasteiger partial charge in [0.25, 0.3) is 0 Å². The van der Waals surface area contributed by atoms with E-state index in [1.165, 1.54) is 10.4 Å². The van der Waals surface area contributed by atoms with Crippen molar-refractivity contribution < 1.29 is 14.3 Å². The van der Waals surface area contributed by atoms with Crippen LogP contribution in [0.15, 0.2) is 33.7 Å². The summed E-state index contributed by atoms with van der Waals surface area (Å²) in [6.45, 7) is 7.55. The number of carbonyl (C=O) groups is 1. The van der Waals surface area contributed by atoms with Crippen LogP contribution in [0, 0.1) is 26.7 Å². The molecular weight excluding hydrogens is 514 g/mol. The number of fused-ring (bicyclic) bond motifs is 3. The highest BCUT2D eigenvalue weighted by Crippen LogP contribution is 2.39. The van der Waals surface area contributed by atoms with Gasteiger partial charge >= 0.3 is 5.97 Å². The highest BCUT2D eigenvalue weighted by atomic mass is 35.5. The normalized spacial score (nSPS) is 17.6. The summed E-state index contributed by atoms with van der Waals surface area (Å²) in [5.41, 5.74) is 4.06. The fourth-order valence-electron chi connectivity index (χ4n) is 4.78. The van der Waals surface area contributed by atoms with Gasteiger partial charge in [-0.2, -0.15) is 0 Å². The molecule has 0 aliphatic carbocycles. The number of carboxylic acids is 1. The number of halogens is 1. The maximum Gasteiger partial charge on any atom is 0.309 e. The molecule has 1 saturated heterocycles. The van der Waals surface area contributed by atoms with Gasteiger partial charge in [-0.1, -0.05) is 23.7 Å². The molecule has 5 heterocycles. The van der Waals surface area contributed by atoms with E-state index in [2.05, 4.69) is 38.8 Å². The van der Waals surface area contributed by atoms with E-state index < -0.39 is 12.0 Å². The summed E-state index contributed by atoms with van der Waals surface area (Å²) in [4.78, 5) is 19.5. The van der Waals surface area contributed by atoms with Crippen molar-refractivity contribution >= 4 is 34.6 Å². The lowest BCUT2D eigenvalue weighted by Gasteiger charge is -2.35. The second-order valence-electron chi connectivity index (χ2n) is 9.43. The maximum atomic E-state index is 11.1. The topological polar surface area (TPSA) is 123 Å². The minimum Gasteiger partial charge on any atom is -0.481 e. The Morgan fingerprint density at radius 2 is 1.84 bits per heavy atom. The molecule has 2 aliphatic heterocycles. The van der Waals surface area contributed by atoms with Gasteiger partial charge in [0.05, 0.1) is 24.6 Å². The Kier molecular flexibility index (Phi) is 5.93. The van der Waals surface area contributed by atoms with Crippen LogP contribution in [-0.4, -0.2) is 59.7 Å². The van der Waals surface area contributed by atoms with Crippen molar-refractivity contribution in [2.45, 2.75) is 39.8 Å². The molecule has 4 aromatic rings. The van der Waals surface area contributed by atoms with Crippen molar-refractivity contribution in [3.8, 4) is 5.00 Å². The molecule has 0 amide bonds. The Labute approximate surface area is 221 Å². The number of nitrogens with zero attached hydrogens (tertiary/aromatic N) is 7. The predicted molar refractivity (Wildman–Crippen MR) is 138 cm³/mol. The zero-order chi connectivity index (χ0) is 25.8. The van der Waals surface area contributed by atoms with Crippen LogP contribution >= 0.6 is 22.9 Å². The van der Waals surface area contributed by atoms with Crippen molar-refractivity contribution in [3.63, 3.8) is 0 Å². The van der Waals surface area contributed by atoms with E-state index in [-0.39, 0.29) is 5.92 Å². The van der Waals surface area contributed by atoms with Crippen LogP contribution in [0.25, 0.3) is 5.00 Å². The van der Waals surface area contributed by atoms with Crippen LogP contribution < -0.4 is 0 Å². The molecule has 10 nitrogen and oxygen atoms in total. The number of benzene rings is 1. The number of aliphatic imine (C=N–C) groups is 1. The Bertz CT molecular complexity index is 1530. The Morgan fingerprint density at radius 1 is 1.11 bits per heavy atom. The van der Waals surface area contributed by atoms with Crippen molar-refractivity contribution in [1.82, 2.24) is 29.9 Å². The quantitative estimate of drug-likeness (QED) is 0.392. The van der Waals surface area contributed by atoms with Crippen LogP contribution in [-0.2, 0) is 17.8 Å². The van der Waals surface area contributed by atoms with Crippen LogP contribution in [0.1, 0.15) is 51.0 Å². The molecule has 0 bridgehead atoms. The molecule has 1 aromatic carbocycles. The number of carboxylic acid groups (broad SMARTS) is 1. The highest BCUT2D eigenvalue weighted by molar-refractivity contribution is 7.15. The van der Waals surface area contributed by atoms with E-state index in [1.54, 1.807) is 11.3 Å². The molecule has 3 aromatic heterocycles. The molecule has 0 radical (unpaired) electrons. The lowest BCUT2D eigenvalue weighted by molar-refractivity contribution is -0.147. The summed E-state index contributed by atoms with van der Waals surface area (Å²) in [5.74, 6) is 1.29. The number of aromatic nitrogens is 5. The van der Waals surface area contributed by atoms with Crippen molar-refractivity contribution in [3.05, 3.63) is 74.3 Å². The minimum atomic E-state index is -0.775. The molecular formula is C25H24ClN7O3S. The van der Waals surface area contributed by atoms with Gasteiger partial charge in [-0.25, -0.2) is 0 Å². The summed E-state index contributed by atoms with van der Waals surface area (Å²) in [5, 5.41) is 28.1. The Morgan fingerprint density at radius 3 is 2.57 bits per heavy atom.